The Morgan fingerprint density at radius 2 is 2.06 bits per heavy atom. The maximum absolute atomic E-state index is 6.26. The number of rotatable bonds is 3. The Morgan fingerprint density at radius 1 is 1.28 bits per heavy atom. The maximum Gasteiger partial charge on any atom is 0.0483 e. The summed E-state index contributed by atoms with van der Waals surface area (Å²) in [7, 11) is 0. The van der Waals surface area contributed by atoms with Crippen LogP contribution < -0.4 is 5.73 Å². The molecule has 96 valence electrons. The summed E-state index contributed by atoms with van der Waals surface area (Å²) in [6.07, 6.45) is 6.41. The van der Waals surface area contributed by atoms with Gasteiger partial charge in [-0.25, -0.2) is 0 Å². The average molecular weight is 242 g/mol. The fraction of sp³-hybridized carbons (Fsp3) is 0.500. The van der Waals surface area contributed by atoms with Crippen LogP contribution >= 0.6 is 0 Å². The number of aromatic nitrogens is 1. The van der Waals surface area contributed by atoms with E-state index >= 15 is 0 Å². The van der Waals surface area contributed by atoms with Crippen LogP contribution in [0.5, 0.6) is 0 Å². The van der Waals surface area contributed by atoms with Crippen LogP contribution in [-0.2, 0) is 12.1 Å². The van der Waals surface area contributed by atoms with E-state index in [-0.39, 0.29) is 5.54 Å². The van der Waals surface area contributed by atoms with Crippen LogP contribution in [0.4, 0.5) is 0 Å². The van der Waals surface area contributed by atoms with Gasteiger partial charge in [0.05, 0.1) is 0 Å². The normalized spacial score (nSPS) is 17.1. The van der Waals surface area contributed by atoms with E-state index in [0.717, 1.165) is 12.5 Å². The number of nitrogens with two attached hydrogens (primary N) is 1. The molecule has 0 aliphatic heterocycles. The number of hydrogen-bond acceptors (Lipinski definition) is 1. The van der Waals surface area contributed by atoms with E-state index in [1.165, 1.54) is 35.7 Å². The van der Waals surface area contributed by atoms with E-state index in [2.05, 4.69) is 48.9 Å². The molecular formula is C16H22N2. The molecule has 1 aliphatic rings. The Hall–Kier alpha value is -1.28. The van der Waals surface area contributed by atoms with E-state index in [0.29, 0.717) is 0 Å². The molecule has 0 saturated heterocycles. The van der Waals surface area contributed by atoms with Gasteiger partial charge in [-0.3, -0.25) is 0 Å². The van der Waals surface area contributed by atoms with Crippen LogP contribution in [0.2, 0.25) is 0 Å². The Labute approximate surface area is 109 Å². The van der Waals surface area contributed by atoms with Gasteiger partial charge in [-0.15, -0.1) is 0 Å². The zero-order valence-electron chi connectivity index (χ0n) is 11.3. The summed E-state index contributed by atoms with van der Waals surface area (Å²) in [5, 5.41) is 1.31. The second-order valence-electron chi connectivity index (χ2n) is 6.23. The predicted molar refractivity (Wildman–Crippen MR) is 76.5 cm³/mol. The highest BCUT2D eigenvalue weighted by atomic mass is 15.0. The summed E-state index contributed by atoms with van der Waals surface area (Å²) < 4.78 is 2.40. The molecule has 1 heterocycles. The lowest BCUT2D eigenvalue weighted by molar-refractivity contribution is 0.280. The van der Waals surface area contributed by atoms with Gasteiger partial charge in [-0.1, -0.05) is 18.6 Å². The predicted octanol–water partition coefficient (Wildman–Crippen LogP) is 3.64. The SMILES string of the molecule is CC(C)(N)c1cccc2c1ccn2CC1CCC1. The summed E-state index contributed by atoms with van der Waals surface area (Å²) in [6, 6.07) is 8.71. The zero-order chi connectivity index (χ0) is 12.8. The Balaban J connectivity index is 2.03. The molecule has 0 atom stereocenters. The maximum atomic E-state index is 6.26. The molecule has 18 heavy (non-hydrogen) atoms. The van der Waals surface area contributed by atoms with Crippen LogP contribution in [0.1, 0.15) is 38.7 Å². The third-order valence-corrected chi connectivity index (χ3v) is 4.19. The van der Waals surface area contributed by atoms with Crippen molar-refractivity contribution in [3.8, 4) is 0 Å². The standard InChI is InChI=1S/C16H22N2/c1-16(2,17)14-7-4-8-15-13(14)9-10-18(15)11-12-5-3-6-12/h4,7-10,12H,3,5-6,11,17H2,1-2H3. The van der Waals surface area contributed by atoms with Gasteiger partial charge in [0.1, 0.15) is 0 Å². The fourth-order valence-electron chi connectivity index (χ4n) is 2.90. The molecule has 1 aromatic heterocycles. The van der Waals surface area contributed by atoms with Crippen molar-refractivity contribution in [2.75, 3.05) is 0 Å². The van der Waals surface area contributed by atoms with Gasteiger partial charge in [0.25, 0.3) is 0 Å². The minimum Gasteiger partial charge on any atom is -0.347 e. The minimum atomic E-state index is -0.276. The molecule has 0 bridgehead atoms. The molecule has 2 aromatic rings. The molecule has 0 unspecified atom stereocenters. The van der Waals surface area contributed by atoms with Crippen molar-refractivity contribution < 1.29 is 0 Å². The highest BCUT2D eigenvalue weighted by Gasteiger charge is 2.21. The monoisotopic (exact) mass is 242 g/mol. The lowest BCUT2D eigenvalue weighted by atomic mass is 9.85. The van der Waals surface area contributed by atoms with Crippen molar-refractivity contribution in [2.45, 2.75) is 45.2 Å². The lowest BCUT2D eigenvalue weighted by Gasteiger charge is -2.26. The van der Waals surface area contributed by atoms with Crippen molar-refractivity contribution >= 4 is 10.9 Å². The van der Waals surface area contributed by atoms with E-state index in [1.807, 2.05) is 0 Å². The first-order chi connectivity index (χ1) is 8.55. The second kappa shape index (κ2) is 4.13. The van der Waals surface area contributed by atoms with Crippen LogP contribution in [0.25, 0.3) is 10.9 Å². The lowest BCUT2D eigenvalue weighted by Crippen LogP contribution is -2.28. The molecular weight excluding hydrogens is 220 g/mol. The van der Waals surface area contributed by atoms with Crippen molar-refractivity contribution in [2.24, 2.45) is 11.7 Å². The van der Waals surface area contributed by atoms with Gasteiger partial charge >= 0.3 is 0 Å². The molecule has 0 radical (unpaired) electrons. The Morgan fingerprint density at radius 3 is 2.67 bits per heavy atom. The summed E-state index contributed by atoms with van der Waals surface area (Å²) in [5.41, 5.74) is 8.56. The van der Waals surface area contributed by atoms with Crippen molar-refractivity contribution in [3.63, 3.8) is 0 Å². The molecule has 0 spiro atoms. The largest absolute Gasteiger partial charge is 0.347 e. The molecule has 1 fully saturated rings. The fourth-order valence-corrected chi connectivity index (χ4v) is 2.90. The third-order valence-electron chi connectivity index (χ3n) is 4.19. The third kappa shape index (κ3) is 1.95. The topological polar surface area (TPSA) is 30.9 Å². The van der Waals surface area contributed by atoms with Crippen LogP contribution in [0, 0.1) is 5.92 Å². The second-order valence-corrected chi connectivity index (χ2v) is 6.23. The van der Waals surface area contributed by atoms with Crippen molar-refractivity contribution in [3.05, 3.63) is 36.0 Å². The molecule has 1 aliphatic carbocycles. The molecule has 0 amide bonds. The van der Waals surface area contributed by atoms with E-state index in [4.69, 9.17) is 5.73 Å². The van der Waals surface area contributed by atoms with E-state index in [9.17, 15) is 0 Å². The molecule has 1 aromatic carbocycles. The van der Waals surface area contributed by atoms with Crippen LogP contribution in [0.3, 0.4) is 0 Å². The minimum absolute atomic E-state index is 0.276. The Kier molecular flexibility index (Phi) is 2.70. The number of fused-ring (bicyclic) bond motifs is 1. The van der Waals surface area contributed by atoms with Gasteiger partial charge in [0, 0.05) is 29.2 Å². The highest BCUT2D eigenvalue weighted by Crippen LogP contribution is 2.31. The van der Waals surface area contributed by atoms with Gasteiger partial charge in [-0.05, 0) is 50.3 Å². The van der Waals surface area contributed by atoms with Crippen LogP contribution in [-0.4, -0.2) is 4.57 Å². The highest BCUT2D eigenvalue weighted by molar-refractivity contribution is 5.84. The first kappa shape index (κ1) is 11.8. The van der Waals surface area contributed by atoms with Crippen molar-refractivity contribution in [1.29, 1.82) is 0 Å². The summed E-state index contributed by atoms with van der Waals surface area (Å²) in [5.74, 6) is 0.884. The molecule has 2 N–H and O–H groups in total. The molecule has 2 nitrogen and oxygen atoms in total. The quantitative estimate of drug-likeness (QED) is 0.875. The smallest absolute Gasteiger partial charge is 0.0483 e. The van der Waals surface area contributed by atoms with Crippen LogP contribution in [0.15, 0.2) is 30.5 Å². The Bertz CT molecular complexity index is 556. The molecule has 3 rings (SSSR count). The van der Waals surface area contributed by atoms with Crippen molar-refractivity contribution in [1.82, 2.24) is 4.57 Å². The van der Waals surface area contributed by atoms with E-state index in [1.54, 1.807) is 0 Å². The average Bonchev–Trinajstić information content (AvgIpc) is 2.65. The summed E-state index contributed by atoms with van der Waals surface area (Å²) in [4.78, 5) is 0. The first-order valence-corrected chi connectivity index (χ1v) is 6.93. The number of nitrogens with zero attached hydrogens (tertiary/aromatic N) is 1. The number of benzene rings is 1. The first-order valence-electron chi connectivity index (χ1n) is 6.93. The van der Waals surface area contributed by atoms with Gasteiger partial charge in [0.2, 0.25) is 0 Å². The van der Waals surface area contributed by atoms with Gasteiger partial charge < -0.3 is 10.3 Å². The summed E-state index contributed by atoms with van der Waals surface area (Å²) >= 11 is 0. The zero-order valence-corrected chi connectivity index (χ0v) is 11.3. The summed E-state index contributed by atoms with van der Waals surface area (Å²) in [6.45, 7) is 5.31. The molecule has 2 heteroatoms. The van der Waals surface area contributed by atoms with E-state index < -0.39 is 0 Å². The van der Waals surface area contributed by atoms with Gasteiger partial charge in [-0.2, -0.15) is 0 Å². The van der Waals surface area contributed by atoms with Gasteiger partial charge in [0.15, 0.2) is 0 Å². The molecule has 1 saturated carbocycles. The number of hydrogen-bond donors (Lipinski definition) is 1.